The van der Waals surface area contributed by atoms with Gasteiger partial charge in [-0.15, -0.1) is 0 Å². The molecule has 0 spiro atoms. The van der Waals surface area contributed by atoms with E-state index >= 15 is 0 Å². The molecular weight excluding hydrogens is 240 g/mol. The maximum Gasteiger partial charge on any atom is 0.315 e. The van der Waals surface area contributed by atoms with E-state index in [1.165, 1.54) is 4.90 Å². The lowest BCUT2D eigenvalue weighted by atomic mass is 10.2. The summed E-state index contributed by atoms with van der Waals surface area (Å²) in [5, 5.41) is 0. The summed E-state index contributed by atoms with van der Waals surface area (Å²) in [5.41, 5.74) is 0.950. The summed E-state index contributed by atoms with van der Waals surface area (Å²) >= 11 is 0. The molecule has 0 bridgehead atoms. The number of carbonyl (C=O) groups is 1. The third-order valence-corrected chi connectivity index (χ3v) is 2.98. The molecule has 0 atom stereocenters. The van der Waals surface area contributed by atoms with E-state index < -0.39 is 12.3 Å². The second-order valence-electron chi connectivity index (χ2n) is 4.22. The number of halogens is 2. The number of pyridine rings is 1. The van der Waals surface area contributed by atoms with Crippen molar-refractivity contribution in [1.82, 2.24) is 14.8 Å². The van der Waals surface area contributed by atoms with Crippen LogP contribution in [0, 0.1) is 0 Å². The Morgan fingerprint density at radius 1 is 1.28 bits per heavy atom. The van der Waals surface area contributed by atoms with Gasteiger partial charge in [0.05, 0.1) is 5.69 Å². The summed E-state index contributed by atoms with van der Waals surface area (Å²) in [5.74, 6) is -1.06. The van der Waals surface area contributed by atoms with Gasteiger partial charge in [-0.3, -0.25) is 14.7 Å². The molecule has 1 aromatic rings. The minimum absolute atomic E-state index is 0.357. The molecule has 6 heteroatoms. The number of alkyl halides is 2. The van der Waals surface area contributed by atoms with Gasteiger partial charge in [-0.2, -0.15) is 8.78 Å². The number of nitrogens with zero attached hydrogens (tertiary/aromatic N) is 3. The first kappa shape index (κ1) is 12.9. The molecule has 1 aliphatic heterocycles. The highest BCUT2D eigenvalue weighted by Crippen LogP contribution is 2.09. The fraction of sp³-hybridized carbons (Fsp3) is 0.500. The summed E-state index contributed by atoms with van der Waals surface area (Å²) < 4.78 is 24.5. The van der Waals surface area contributed by atoms with Gasteiger partial charge in [0.2, 0.25) is 0 Å². The SMILES string of the molecule is O=C(C(F)F)N1CCN(Cc2ccccn2)CC1. The lowest BCUT2D eigenvalue weighted by Crippen LogP contribution is -2.50. The minimum atomic E-state index is -2.90. The van der Waals surface area contributed by atoms with Gasteiger partial charge in [0.25, 0.3) is 5.91 Å². The maximum absolute atomic E-state index is 12.2. The van der Waals surface area contributed by atoms with E-state index in [4.69, 9.17) is 0 Å². The van der Waals surface area contributed by atoms with Crippen molar-refractivity contribution in [3.63, 3.8) is 0 Å². The van der Waals surface area contributed by atoms with Crippen molar-refractivity contribution in [3.8, 4) is 0 Å². The Hall–Kier alpha value is -1.56. The summed E-state index contributed by atoms with van der Waals surface area (Å²) in [4.78, 5) is 18.7. The summed E-state index contributed by atoms with van der Waals surface area (Å²) in [6, 6.07) is 5.69. The van der Waals surface area contributed by atoms with Crippen LogP contribution in [0.15, 0.2) is 24.4 Å². The molecule has 2 heterocycles. The zero-order valence-corrected chi connectivity index (χ0v) is 9.93. The average Bonchev–Trinajstić information content (AvgIpc) is 2.40. The Labute approximate surface area is 104 Å². The zero-order chi connectivity index (χ0) is 13.0. The Kier molecular flexibility index (Phi) is 4.19. The van der Waals surface area contributed by atoms with Gasteiger partial charge in [0.1, 0.15) is 0 Å². The van der Waals surface area contributed by atoms with Crippen molar-refractivity contribution in [3.05, 3.63) is 30.1 Å². The van der Waals surface area contributed by atoms with E-state index in [9.17, 15) is 13.6 Å². The van der Waals surface area contributed by atoms with Crippen molar-refractivity contribution in [1.29, 1.82) is 0 Å². The molecule has 0 saturated carbocycles. The summed E-state index contributed by atoms with van der Waals surface area (Å²) in [7, 11) is 0. The Balaban J connectivity index is 1.82. The smallest absolute Gasteiger partial charge is 0.315 e. The van der Waals surface area contributed by atoms with Crippen LogP contribution in [0.4, 0.5) is 8.78 Å². The molecule has 0 radical (unpaired) electrons. The molecule has 0 aliphatic carbocycles. The molecule has 1 saturated heterocycles. The van der Waals surface area contributed by atoms with Crippen LogP contribution in [0.5, 0.6) is 0 Å². The van der Waals surface area contributed by atoms with Gasteiger partial charge >= 0.3 is 6.43 Å². The Morgan fingerprint density at radius 3 is 2.56 bits per heavy atom. The van der Waals surface area contributed by atoms with Crippen LogP contribution in [0.3, 0.4) is 0 Å². The fourth-order valence-corrected chi connectivity index (χ4v) is 1.99. The van der Waals surface area contributed by atoms with Gasteiger partial charge in [0.15, 0.2) is 0 Å². The van der Waals surface area contributed by atoms with Crippen LogP contribution in [0.1, 0.15) is 5.69 Å². The number of hydrogen-bond acceptors (Lipinski definition) is 3. The second kappa shape index (κ2) is 5.86. The summed E-state index contributed by atoms with van der Waals surface area (Å²) in [6.45, 7) is 2.62. The van der Waals surface area contributed by atoms with Crippen LogP contribution in [-0.4, -0.2) is 53.3 Å². The zero-order valence-electron chi connectivity index (χ0n) is 9.93. The van der Waals surface area contributed by atoms with Crippen molar-refractivity contribution in [2.45, 2.75) is 13.0 Å². The monoisotopic (exact) mass is 255 g/mol. The van der Waals surface area contributed by atoms with Crippen molar-refractivity contribution < 1.29 is 13.6 Å². The van der Waals surface area contributed by atoms with Crippen LogP contribution in [0.25, 0.3) is 0 Å². The van der Waals surface area contributed by atoms with E-state index in [0.717, 1.165) is 5.69 Å². The molecule has 18 heavy (non-hydrogen) atoms. The Morgan fingerprint density at radius 2 is 2.00 bits per heavy atom. The number of piperazine rings is 1. The van der Waals surface area contributed by atoms with Crippen LogP contribution < -0.4 is 0 Å². The molecule has 1 amide bonds. The standard InChI is InChI=1S/C12H15F2N3O/c13-11(14)12(18)17-7-5-16(6-8-17)9-10-3-1-2-4-15-10/h1-4,11H,5-9H2. The largest absolute Gasteiger partial charge is 0.335 e. The van der Waals surface area contributed by atoms with Crippen LogP contribution in [-0.2, 0) is 11.3 Å². The van der Waals surface area contributed by atoms with Gasteiger partial charge in [0, 0.05) is 38.9 Å². The lowest BCUT2D eigenvalue weighted by Gasteiger charge is -2.34. The quantitative estimate of drug-likeness (QED) is 0.808. The number of amides is 1. The molecule has 1 fully saturated rings. The molecule has 98 valence electrons. The molecule has 2 rings (SSSR count). The molecule has 1 aliphatic rings. The number of rotatable bonds is 3. The number of carbonyl (C=O) groups excluding carboxylic acids is 1. The first-order chi connectivity index (χ1) is 8.66. The molecular formula is C12H15F2N3O. The predicted octanol–water partition coefficient (Wildman–Crippen LogP) is 0.991. The van der Waals surface area contributed by atoms with Crippen LogP contribution in [0.2, 0.25) is 0 Å². The highest BCUT2D eigenvalue weighted by molar-refractivity contribution is 5.79. The first-order valence-electron chi connectivity index (χ1n) is 5.86. The summed E-state index contributed by atoms with van der Waals surface area (Å²) in [6.07, 6.45) is -1.17. The minimum Gasteiger partial charge on any atom is -0.335 e. The van der Waals surface area contributed by atoms with Gasteiger partial charge in [-0.1, -0.05) is 6.07 Å². The van der Waals surface area contributed by atoms with Gasteiger partial charge in [-0.25, -0.2) is 0 Å². The fourth-order valence-electron chi connectivity index (χ4n) is 1.99. The molecule has 1 aromatic heterocycles. The van der Waals surface area contributed by atoms with Gasteiger partial charge < -0.3 is 4.90 Å². The predicted molar refractivity (Wildman–Crippen MR) is 62.1 cm³/mol. The van der Waals surface area contributed by atoms with E-state index in [2.05, 4.69) is 9.88 Å². The number of hydrogen-bond donors (Lipinski definition) is 0. The van der Waals surface area contributed by atoms with Crippen LogP contribution >= 0.6 is 0 Å². The van der Waals surface area contributed by atoms with Crippen molar-refractivity contribution >= 4 is 5.91 Å². The molecule has 0 N–H and O–H groups in total. The van der Waals surface area contributed by atoms with Crippen molar-refractivity contribution in [2.75, 3.05) is 26.2 Å². The normalized spacial score (nSPS) is 17.2. The molecule has 0 unspecified atom stereocenters. The van der Waals surface area contributed by atoms with E-state index in [-0.39, 0.29) is 0 Å². The number of aromatic nitrogens is 1. The third-order valence-electron chi connectivity index (χ3n) is 2.98. The average molecular weight is 255 g/mol. The van der Waals surface area contributed by atoms with E-state index in [0.29, 0.717) is 32.7 Å². The second-order valence-corrected chi connectivity index (χ2v) is 4.22. The Bertz CT molecular complexity index is 392. The van der Waals surface area contributed by atoms with E-state index in [1.807, 2.05) is 18.2 Å². The van der Waals surface area contributed by atoms with Crippen molar-refractivity contribution in [2.24, 2.45) is 0 Å². The van der Waals surface area contributed by atoms with E-state index in [1.54, 1.807) is 6.20 Å². The lowest BCUT2D eigenvalue weighted by molar-refractivity contribution is -0.144. The highest BCUT2D eigenvalue weighted by Gasteiger charge is 2.26. The molecule has 0 aromatic carbocycles. The topological polar surface area (TPSA) is 36.4 Å². The third kappa shape index (κ3) is 3.22. The maximum atomic E-state index is 12.2. The first-order valence-corrected chi connectivity index (χ1v) is 5.86. The van der Waals surface area contributed by atoms with Gasteiger partial charge in [-0.05, 0) is 12.1 Å². The molecule has 4 nitrogen and oxygen atoms in total. The highest BCUT2D eigenvalue weighted by atomic mass is 19.3.